The van der Waals surface area contributed by atoms with Crippen molar-refractivity contribution >= 4 is 5.69 Å². The van der Waals surface area contributed by atoms with Crippen LogP contribution in [-0.2, 0) is 0 Å². The van der Waals surface area contributed by atoms with Crippen molar-refractivity contribution in [1.29, 1.82) is 0 Å². The third kappa shape index (κ3) is 1.94. The lowest BCUT2D eigenvalue weighted by Crippen LogP contribution is -2.36. The van der Waals surface area contributed by atoms with Gasteiger partial charge in [0.2, 0.25) is 0 Å². The van der Waals surface area contributed by atoms with Crippen molar-refractivity contribution in [2.24, 2.45) is 5.41 Å². The minimum Gasteiger partial charge on any atom is -0.504 e. The number of hydrogen-bond donors (Lipinski definition) is 2. The van der Waals surface area contributed by atoms with Gasteiger partial charge < -0.3 is 15.2 Å². The fourth-order valence-electron chi connectivity index (χ4n) is 3.00. The van der Waals surface area contributed by atoms with Crippen molar-refractivity contribution < 1.29 is 9.84 Å². The summed E-state index contributed by atoms with van der Waals surface area (Å²) in [6.45, 7) is 1.69. The van der Waals surface area contributed by atoms with Gasteiger partial charge in [-0.3, -0.25) is 0 Å². The molecule has 2 N–H and O–H groups in total. The molecule has 1 heterocycles. The molecule has 0 aromatic heterocycles. The molecule has 1 aliphatic heterocycles. The van der Waals surface area contributed by atoms with Gasteiger partial charge in [-0.2, -0.15) is 0 Å². The van der Waals surface area contributed by atoms with E-state index in [0.29, 0.717) is 5.75 Å². The number of phenols is 1. The Hall–Kier alpha value is -1.38. The lowest BCUT2D eigenvalue weighted by molar-refractivity contribution is 0.113. The average molecular weight is 233 g/mol. The second kappa shape index (κ2) is 4.13. The molecule has 0 amide bonds. The first-order valence-corrected chi connectivity index (χ1v) is 6.48. The molecular weight excluding hydrogens is 214 g/mol. The van der Waals surface area contributed by atoms with Crippen LogP contribution in [0.1, 0.15) is 32.1 Å². The number of nitrogens with one attached hydrogen (secondary N) is 1. The van der Waals surface area contributed by atoms with Crippen LogP contribution >= 0.6 is 0 Å². The molecule has 3 nitrogen and oxygen atoms in total. The van der Waals surface area contributed by atoms with Crippen molar-refractivity contribution in [3.8, 4) is 11.5 Å². The number of aromatic hydroxyl groups is 1. The maximum absolute atomic E-state index is 9.80. The highest BCUT2D eigenvalue weighted by Gasteiger charge is 2.35. The van der Waals surface area contributed by atoms with Crippen LogP contribution in [0.3, 0.4) is 0 Å². The van der Waals surface area contributed by atoms with Crippen molar-refractivity contribution in [2.75, 3.05) is 18.5 Å². The first-order valence-electron chi connectivity index (χ1n) is 6.48. The molecule has 2 aliphatic rings. The maximum Gasteiger partial charge on any atom is 0.184 e. The van der Waals surface area contributed by atoms with Crippen LogP contribution in [0.5, 0.6) is 11.5 Å². The zero-order valence-corrected chi connectivity index (χ0v) is 10.0. The Bertz CT molecular complexity index is 411. The molecule has 0 atom stereocenters. The monoisotopic (exact) mass is 233 g/mol. The molecule has 0 bridgehead atoms. The first kappa shape index (κ1) is 10.8. The highest BCUT2D eigenvalue weighted by Crippen LogP contribution is 2.43. The largest absolute Gasteiger partial charge is 0.504 e. The lowest BCUT2D eigenvalue weighted by Gasteiger charge is -2.35. The van der Waals surface area contributed by atoms with Gasteiger partial charge in [-0.05, 0) is 25.0 Å². The van der Waals surface area contributed by atoms with Gasteiger partial charge in [0.1, 0.15) is 0 Å². The molecule has 1 saturated carbocycles. The predicted octanol–water partition coefficient (Wildman–Crippen LogP) is 3.15. The molecule has 1 fully saturated rings. The number of hydrogen-bond acceptors (Lipinski definition) is 3. The number of para-hydroxylation sites is 1. The molecule has 0 unspecified atom stereocenters. The standard InChI is InChI=1S/C14H19NO2/c16-12-6-4-5-11-13(12)17-10-14(9-15-11)7-2-1-3-8-14/h4-6,15-16H,1-3,7-10H2. The van der Waals surface area contributed by atoms with Gasteiger partial charge in [-0.15, -0.1) is 0 Å². The van der Waals surface area contributed by atoms with Gasteiger partial charge in [0.15, 0.2) is 11.5 Å². The molecule has 1 spiro atoms. The quantitative estimate of drug-likeness (QED) is 0.723. The molecule has 3 heteroatoms. The van der Waals surface area contributed by atoms with E-state index in [2.05, 4.69) is 5.32 Å². The van der Waals surface area contributed by atoms with E-state index in [0.717, 1.165) is 18.8 Å². The lowest BCUT2D eigenvalue weighted by atomic mass is 9.74. The second-order valence-corrected chi connectivity index (χ2v) is 5.36. The number of phenolic OH excluding ortho intramolecular Hbond substituents is 1. The van der Waals surface area contributed by atoms with E-state index >= 15 is 0 Å². The normalized spacial score (nSPS) is 22.1. The Morgan fingerprint density at radius 1 is 1.18 bits per heavy atom. The molecule has 0 radical (unpaired) electrons. The fraction of sp³-hybridized carbons (Fsp3) is 0.571. The summed E-state index contributed by atoms with van der Waals surface area (Å²) in [6, 6.07) is 5.50. The SMILES string of the molecule is Oc1cccc2c1OCC1(CCCCC1)CN2. The average Bonchev–Trinajstić information content (AvgIpc) is 2.53. The van der Waals surface area contributed by atoms with Crippen molar-refractivity contribution in [3.63, 3.8) is 0 Å². The van der Waals surface area contributed by atoms with Crippen LogP contribution in [0, 0.1) is 5.41 Å². The molecule has 1 aromatic rings. The second-order valence-electron chi connectivity index (χ2n) is 5.36. The minimum atomic E-state index is 0.239. The Morgan fingerprint density at radius 3 is 2.82 bits per heavy atom. The van der Waals surface area contributed by atoms with E-state index < -0.39 is 0 Å². The van der Waals surface area contributed by atoms with Gasteiger partial charge in [0.05, 0.1) is 12.3 Å². The summed E-state index contributed by atoms with van der Waals surface area (Å²) in [7, 11) is 0. The van der Waals surface area contributed by atoms with Crippen LogP contribution < -0.4 is 10.1 Å². The van der Waals surface area contributed by atoms with Crippen LogP contribution in [0.4, 0.5) is 5.69 Å². The first-order chi connectivity index (χ1) is 8.29. The Labute approximate surface area is 102 Å². The molecule has 17 heavy (non-hydrogen) atoms. The number of anilines is 1. The van der Waals surface area contributed by atoms with Crippen molar-refractivity contribution in [2.45, 2.75) is 32.1 Å². The molecule has 92 valence electrons. The van der Waals surface area contributed by atoms with Gasteiger partial charge in [0.25, 0.3) is 0 Å². The topological polar surface area (TPSA) is 41.5 Å². The summed E-state index contributed by atoms with van der Waals surface area (Å²) >= 11 is 0. The van der Waals surface area contributed by atoms with Crippen LogP contribution in [0.2, 0.25) is 0 Å². The van der Waals surface area contributed by atoms with Crippen LogP contribution in [-0.4, -0.2) is 18.3 Å². The summed E-state index contributed by atoms with van der Waals surface area (Å²) < 4.78 is 5.86. The van der Waals surface area contributed by atoms with E-state index in [9.17, 15) is 5.11 Å². The van der Waals surface area contributed by atoms with E-state index in [1.165, 1.54) is 32.1 Å². The maximum atomic E-state index is 9.80. The summed E-state index contributed by atoms with van der Waals surface area (Å²) in [5, 5.41) is 13.2. The Balaban J connectivity index is 1.85. The summed E-state index contributed by atoms with van der Waals surface area (Å²) in [5.74, 6) is 0.859. The number of rotatable bonds is 0. The number of fused-ring (bicyclic) bond motifs is 1. The molecule has 1 aliphatic carbocycles. The molecule has 3 rings (SSSR count). The van der Waals surface area contributed by atoms with Crippen LogP contribution in [0.15, 0.2) is 18.2 Å². The highest BCUT2D eigenvalue weighted by molar-refractivity contribution is 5.63. The zero-order chi connectivity index (χ0) is 11.7. The van der Waals surface area contributed by atoms with Crippen molar-refractivity contribution in [1.82, 2.24) is 0 Å². The van der Waals surface area contributed by atoms with Gasteiger partial charge in [0, 0.05) is 12.0 Å². The van der Waals surface area contributed by atoms with Gasteiger partial charge in [-0.25, -0.2) is 0 Å². The van der Waals surface area contributed by atoms with E-state index in [-0.39, 0.29) is 11.2 Å². The van der Waals surface area contributed by atoms with Gasteiger partial charge >= 0.3 is 0 Å². The van der Waals surface area contributed by atoms with Crippen LogP contribution in [0.25, 0.3) is 0 Å². The van der Waals surface area contributed by atoms with Gasteiger partial charge in [-0.1, -0.05) is 25.3 Å². The third-order valence-electron chi connectivity index (χ3n) is 4.08. The third-order valence-corrected chi connectivity index (χ3v) is 4.08. The zero-order valence-electron chi connectivity index (χ0n) is 10.0. The summed E-state index contributed by atoms with van der Waals surface area (Å²) in [4.78, 5) is 0. The summed E-state index contributed by atoms with van der Waals surface area (Å²) in [6.07, 6.45) is 6.41. The Kier molecular flexibility index (Phi) is 2.61. The number of benzene rings is 1. The van der Waals surface area contributed by atoms with Crippen molar-refractivity contribution in [3.05, 3.63) is 18.2 Å². The van der Waals surface area contributed by atoms with E-state index in [4.69, 9.17) is 4.74 Å². The summed E-state index contributed by atoms with van der Waals surface area (Å²) in [5.41, 5.74) is 1.19. The smallest absolute Gasteiger partial charge is 0.184 e. The van der Waals surface area contributed by atoms with E-state index in [1.807, 2.05) is 12.1 Å². The molecule has 0 saturated heterocycles. The Morgan fingerprint density at radius 2 is 2.00 bits per heavy atom. The molecular formula is C14H19NO2. The predicted molar refractivity (Wildman–Crippen MR) is 67.6 cm³/mol. The van der Waals surface area contributed by atoms with E-state index in [1.54, 1.807) is 6.07 Å². The minimum absolute atomic E-state index is 0.239. The highest BCUT2D eigenvalue weighted by atomic mass is 16.5. The molecule has 1 aromatic carbocycles. The fourth-order valence-corrected chi connectivity index (χ4v) is 3.00. The number of ether oxygens (including phenoxy) is 1.